The fourth-order valence-electron chi connectivity index (χ4n) is 3.31. The zero-order valence-electron chi connectivity index (χ0n) is 16.8. The first-order valence-electron chi connectivity index (χ1n) is 9.79. The first-order valence-corrected chi connectivity index (χ1v) is 10.7. The maximum absolute atomic E-state index is 13.4. The Labute approximate surface area is 182 Å². The first-order chi connectivity index (χ1) is 15.0. The lowest BCUT2D eigenvalue weighted by molar-refractivity contribution is -0.119. The molecule has 0 bridgehead atoms. The van der Waals surface area contributed by atoms with Crippen molar-refractivity contribution in [3.8, 4) is 11.1 Å². The van der Waals surface area contributed by atoms with Crippen molar-refractivity contribution in [2.45, 2.75) is 13.5 Å². The van der Waals surface area contributed by atoms with Gasteiger partial charge in [0.2, 0.25) is 5.91 Å². The van der Waals surface area contributed by atoms with Crippen LogP contribution < -0.4 is 10.2 Å². The lowest BCUT2D eigenvalue weighted by Crippen LogP contribution is -2.37. The summed E-state index contributed by atoms with van der Waals surface area (Å²) >= 11 is 1.48. The number of aromatic nitrogens is 2. The Hall–Kier alpha value is -3.39. The number of benzene rings is 2. The minimum absolute atomic E-state index is 0.114. The van der Waals surface area contributed by atoms with Crippen molar-refractivity contribution in [3.05, 3.63) is 77.4 Å². The molecule has 0 aliphatic rings. The Morgan fingerprint density at radius 1 is 1.03 bits per heavy atom. The maximum atomic E-state index is 13.4. The van der Waals surface area contributed by atoms with E-state index in [1.54, 1.807) is 24.3 Å². The number of hydrogen-bond donors (Lipinski definition) is 1. The van der Waals surface area contributed by atoms with Gasteiger partial charge >= 0.3 is 0 Å². The highest BCUT2D eigenvalue weighted by molar-refractivity contribution is 7.17. The molecule has 0 radical (unpaired) electrons. The monoisotopic (exact) mass is 438 g/mol. The average molecular weight is 439 g/mol. The number of halogens is 2. The molecule has 5 nitrogen and oxygen atoms in total. The van der Waals surface area contributed by atoms with Gasteiger partial charge in [0.1, 0.15) is 28.6 Å². The van der Waals surface area contributed by atoms with Gasteiger partial charge in [-0.3, -0.25) is 4.79 Å². The van der Waals surface area contributed by atoms with E-state index < -0.39 is 0 Å². The van der Waals surface area contributed by atoms with Gasteiger partial charge in [0.05, 0.1) is 11.9 Å². The van der Waals surface area contributed by atoms with Crippen molar-refractivity contribution in [2.24, 2.45) is 0 Å². The number of anilines is 1. The smallest absolute Gasteiger partial charge is 0.239 e. The largest absolute Gasteiger partial charge is 0.350 e. The Kier molecular flexibility index (Phi) is 6.18. The van der Waals surface area contributed by atoms with Crippen LogP contribution in [0.1, 0.15) is 12.5 Å². The van der Waals surface area contributed by atoms with Gasteiger partial charge in [-0.05, 0) is 42.3 Å². The standard InChI is InChI=1S/C23H20F2N4OS/c1-2-29(12-20(30)26-11-15-3-7-17(24)8-4-15)22-21-19(13-31-23(21)28-14-27-22)16-5-9-18(25)10-6-16/h3-10,13-14H,2,11-12H2,1H3,(H,26,30). The van der Waals surface area contributed by atoms with Crippen molar-refractivity contribution in [3.63, 3.8) is 0 Å². The zero-order chi connectivity index (χ0) is 21.8. The van der Waals surface area contributed by atoms with Gasteiger partial charge < -0.3 is 10.2 Å². The number of nitrogens with one attached hydrogen (secondary N) is 1. The Morgan fingerprint density at radius 3 is 2.39 bits per heavy atom. The summed E-state index contributed by atoms with van der Waals surface area (Å²) in [6.45, 7) is 2.94. The van der Waals surface area contributed by atoms with Crippen molar-refractivity contribution in [2.75, 3.05) is 18.0 Å². The molecule has 158 valence electrons. The van der Waals surface area contributed by atoms with Crippen LogP contribution >= 0.6 is 11.3 Å². The van der Waals surface area contributed by atoms with E-state index in [4.69, 9.17) is 0 Å². The molecule has 0 atom stereocenters. The summed E-state index contributed by atoms with van der Waals surface area (Å²) < 4.78 is 26.4. The van der Waals surface area contributed by atoms with Crippen LogP contribution in [0, 0.1) is 11.6 Å². The van der Waals surface area contributed by atoms with E-state index in [2.05, 4.69) is 15.3 Å². The molecule has 0 unspecified atom stereocenters. The average Bonchev–Trinajstić information content (AvgIpc) is 3.22. The third kappa shape index (κ3) is 4.69. The summed E-state index contributed by atoms with van der Waals surface area (Å²) in [7, 11) is 0. The van der Waals surface area contributed by atoms with Crippen LogP contribution in [0.25, 0.3) is 21.3 Å². The Bertz CT molecular complexity index is 1190. The van der Waals surface area contributed by atoms with E-state index in [1.807, 2.05) is 17.2 Å². The predicted molar refractivity (Wildman–Crippen MR) is 119 cm³/mol. The molecule has 1 amide bonds. The van der Waals surface area contributed by atoms with E-state index in [1.165, 1.54) is 41.9 Å². The second-order valence-corrected chi connectivity index (χ2v) is 7.81. The molecular weight excluding hydrogens is 418 g/mol. The van der Waals surface area contributed by atoms with Crippen LogP contribution in [-0.4, -0.2) is 29.0 Å². The fraction of sp³-hybridized carbons (Fsp3) is 0.174. The van der Waals surface area contributed by atoms with E-state index in [9.17, 15) is 13.6 Å². The van der Waals surface area contributed by atoms with Crippen molar-refractivity contribution in [1.29, 1.82) is 0 Å². The van der Waals surface area contributed by atoms with Crippen LogP contribution in [0.2, 0.25) is 0 Å². The molecule has 0 aliphatic carbocycles. The highest BCUT2D eigenvalue weighted by Crippen LogP contribution is 2.37. The molecule has 2 heterocycles. The van der Waals surface area contributed by atoms with E-state index in [0.717, 1.165) is 26.9 Å². The molecule has 4 rings (SSSR count). The van der Waals surface area contributed by atoms with E-state index in [0.29, 0.717) is 18.9 Å². The third-order valence-electron chi connectivity index (χ3n) is 4.92. The molecule has 0 saturated heterocycles. The van der Waals surface area contributed by atoms with E-state index in [-0.39, 0.29) is 24.1 Å². The molecule has 2 aromatic carbocycles. The van der Waals surface area contributed by atoms with Gasteiger partial charge in [0.15, 0.2) is 0 Å². The number of nitrogens with zero attached hydrogens (tertiary/aromatic N) is 3. The third-order valence-corrected chi connectivity index (χ3v) is 5.81. The molecule has 0 aliphatic heterocycles. The summed E-state index contributed by atoms with van der Waals surface area (Å²) in [4.78, 5) is 24.1. The minimum Gasteiger partial charge on any atom is -0.350 e. The summed E-state index contributed by atoms with van der Waals surface area (Å²) in [5, 5.41) is 5.67. The lowest BCUT2D eigenvalue weighted by atomic mass is 10.1. The second-order valence-electron chi connectivity index (χ2n) is 6.95. The van der Waals surface area contributed by atoms with Gasteiger partial charge in [-0.2, -0.15) is 0 Å². The quantitative estimate of drug-likeness (QED) is 0.451. The van der Waals surface area contributed by atoms with Gasteiger partial charge in [-0.25, -0.2) is 18.7 Å². The van der Waals surface area contributed by atoms with Crippen LogP contribution in [0.5, 0.6) is 0 Å². The molecule has 0 saturated carbocycles. The van der Waals surface area contributed by atoms with Gasteiger partial charge in [-0.1, -0.05) is 24.3 Å². The Morgan fingerprint density at radius 2 is 1.71 bits per heavy atom. The second kappa shape index (κ2) is 9.18. The van der Waals surface area contributed by atoms with Gasteiger partial charge in [0.25, 0.3) is 0 Å². The number of likely N-dealkylation sites (N-methyl/N-ethyl adjacent to an activating group) is 1. The highest BCUT2D eigenvalue weighted by atomic mass is 32.1. The number of carbonyl (C=O) groups is 1. The number of fused-ring (bicyclic) bond motifs is 1. The Balaban J connectivity index is 1.57. The number of rotatable bonds is 7. The molecule has 0 spiro atoms. The molecule has 2 aromatic heterocycles. The SMILES string of the molecule is CCN(CC(=O)NCc1ccc(F)cc1)c1ncnc2scc(-c3ccc(F)cc3)c12. The van der Waals surface area contributed by atoms with Gasteiger partial charge in [-0.15, -0.1) is 11.3 Å². The van der Waals surface area contributed by atoms with Crippen LogP contribution in [-0.2, 0) is 11.3 Å². The van der Waals surface area contributed by atoms with Crippen molar-refractivity contribution < 1.29 is 13.6 Å². The molecule has 1 N–H and O–H groups in total. The summed E-state index contributed by atoms with van der Waals surface area (Å²) in [6.07, 6.45) is 1.49. The van der Waals surface area contributed by atoms with Crippen LogP contribution in [0.3, 0.4) is 0 Å². The minimum atomic E-state index is -0.312. The number of hydrogen-bond acceptors (Lipinski definition) is 5. The molecular formula is C23H20F2N4OS. The summed E-state index contributed by atoms with van der Waals surface area (Å²) in [6, 6.07) is 12.3. The predicted octanol–water partition coefficient (Wildman–Crippen LogP) is 4.78. The lowest BCUT2D eigenvalue weighted by Gasteiger charge is -2.22. The van der Waals surface area contributed by atoms with Crippen molar-refractivity contribution in [1.82, 2.24) is 15.3 Å². The molecule has 31 heavy (non-hydrogen) atoms. The zero-order valence-corrected chi connectivity index (χ0v) is 17.6. The van der Waals surface area contributed by atoms with Crippen molar-refractivity contribution >= 4 is 33.3 Å². The summed E-state index contributed by atoms with van der Waals surface area (Å²) in [5.74, 6) is -0.123. The number of carbonyl (C=O) groups excluding carboxylic acids is 1. The maximum Gasteiger partial charge on any atom is 0.239 e. The van der Waals surface area contributed by atoms with E-state index >= 15 is 0 Å². The number of thiophene rings is 1. The molecule has 4 aromatic rings. The highest BCUT2D eigenvalue weighted by Gasteiger charge is 2.19. The van der Waals surface area contributed by atoms with Gasteiger partial charge in [0, 0.05) is 24.0 Å². The van der Waals surface area contributed by atoms with Crippen LogP contribution in [0.4, 0.5) is 14.6 Å². The fourth-order valence-corrected chi connectivity index (χ4v) is 4.22. The molecule has 8 heteroatoms. The molecule has 0 fully saturated rings. The normalized spacial score (nSPS) is 10.9. The summed E-state index contributed by atoms with van der Waals surface area (Å²) in [5.41, 5.74) is 2.58. The first kappa shape index (κ1) is 20.9. The topological polar surface area (TPSA) is 58.1 Å². The number of amides is 1. The van der Waals surface area contributed by atoms with Crippen LogP contribution in [0.15, 0.2) is 60.2 Å².